The van der Waals surface area contributed by atoms with Gasteiger partial charge in [0.25, 0.3) is 0 Å². The van der Waals surface area contributed by atoms with Crippen LogP contribution in [0.5, 0.6) is 0 Å². The zero-order valence-corrected chi connectivity index (χ0v) is 16.2. The highest BCUT2D eigenvalue weighted by Gasteiger charge is 2.33. The molecule has 2 fully saturated rings. The van der Waals surface area contributed by atoms with Gasteiger partial charge in [0.15, 0.2) is 5.96 Å². The van der Waals surface area contributed by atoms with Crippen molar-refractivity contribution in [3.05, 3.63) is 0 Å². The van der Waals surface area contributed by atoms with Crippen molar-refractivity contribution in [2.24, 2.45) is 10.4 Å². The number of guanidine groups is 1. The van der Waals surface area contributed by atoms with Crippen molar-refractivity contribution in [3.8, 4) is 0 Å². The molecule has 1 aliphatic carbocycles. The standard InChI is InChI=1S/C18H35N3OS/c1-5-23-18(10-12-22-13-11-18)14-20-16(19-4)21-15-6-8-17(2,3)9-7-15/h15H,5-14H2,1-4H3,(H2,19,20,21). The first kappa shape index (κ1) is 18.9. The average molecular weight is 342 g/mol. The Kier molecular flexibility index (Phi) is 7.08. The van der Waals surface area contributed by atoms with Gasteiger partial charge in [-0.05, 0) is 49.7 Å². The average Bonchev–Trinajstić information content (AvgIpc) is 2.54. The summed E-state index contributed by atoms with van der Waals surface area (Å²) in [5, 5.41) is 7.24. The van der Waals surface area contributed by atoms with E-state index >= 15 is 0 Å². The number of hydrogen-bond donors (Lipinski definition) is 2. The van der Waals surface area contributed by atoms with Gasteiger partial charge in [-0.15, -0.1) is 0 Å². The summed E-state index contributed by atoms with van der Waals surface area (Å²) in [6, 6.07) is 0.568. The molecule has 0 spiro atoms. The van der Waals surface area contributed by atoms with Crippen LogP contribution in [-0.4, -0.2) is 49.3 Å². The third-order valence-electron chi connectivity index (χ3n) is 5.34. The fraction of sp³-hybridized carbons (Fsp3) is 0.944. The lowest BCUT2D eigenvalue weighted by molar-refractivity contribution is 0.0781. The van der Waals surface area contributed by atoms with Gasteiger partial charge in [0.1, 0.15) is 0 Å². The fourth-order valence-corrected chi connectivity index (χ4v) is 4.84. The Balaban J connectivity index is 1.82. The SMILES string of the molecule is CCSC1(CNC(=NC)NC2CCC(C)(C)CC2)CCOCC1. The van der Waals surface area contributed by atoms with Crippen LogP contribution in [0.3, 0.4) is 0 Å². The van der Waals surface area contributed by atoms with Gasteiger partial charge in [-0.25, -0.2) is 0 Å². The quantitative estimate of drug-likeness (QED) is 0.594. The molecule has 1 saturated carbocycles. The van der Waals surface area contributed by atoms with E-state index in [0.29, 0.717) is 16.2 Å². The molecule has 0 radical (unpaired) electrons. The minimum absolute atomic E-state index is 0.305. The van der Waals surface area contributed by atoms with Crippen LogP contribution in [0.25, 0.3) is 0 Å². The number of ether oxygens (including phenoxy) is 1. The van der Waals surface area contributed by atoms with E-state index in [-0.39, 0.29) is 0 Å². The highest BCUT2D eigenvalue weighted by molar-refractivity contribution is 8.00. The van der Waals surface area contributed by atoms with E-state index in [1.807, 2.05) is 7.05 Å². The molecule has 0 amide bonds. The first-order valence-corrected chi connectivity index (χ1v) is 10.2. The minimum Gasteiger partial charge on any atom is -0.381 e. The molecule has 0 aromatic heterocycles. The molecule has 1 heterocycles. The molecule has 1 aliphatic heterocycles. The maximum Gasteiger partial charge on any atom is 0.191 e. The van der Waals surface area contributed by atoms with Crippen molar-refractivity contribution in [1.82, 2.24) is 10.6 Å². The topological polar surface area (TPSA) is 45.7 Å². The fourth-order valence-electron chi connectivity index (χ4n) is 3.60. The molecule has 0 atom stereocenters. The Hall–Kier alpha value is -0.420. The molecule has 0 aromatic carbocycles. The molecular formula is C18H35N3OS. The summed E-state index contributed by atoms with van der Waals surface area (Å²) < 4.78 is 5.86. The summed E-state index contributed by atoms with van der Waals surface area (Å²) in [5.74, 6) is 2.13. The Morgan fingerprint density at radius 3 is 2.39 bits per heavy atom. The Bertz CT molecular complexity index is 376. The lowest BCUT2D eigenvalue weighted by Crippen LogP contribution is -2.51. The van der Waals surface area contributed by atoms with E-state index < -0.39 is 0 Å². The highest BCUT2D eigenvalue weighted by atomic mass is 32.2. The van der Waals surface area contributed by atoms with Crippen LogP contribution < -0.4 is 10.6 Å². The molecule has 23 heavy (non-hydrogen) atoms. The number of nitrogens with one attached hydrogen (secondary N) is 2. The second kappa shape index (κ2) is 8.61. The van der Waals surface area contributed by atoms with Crippen LogP contribution in [0.1, 0.15) is 59.3 Å². The number of aliphatic imine (C=N–C) groups is 1. The van der Waals surface area contributed by atoms with Gasteiger partial charge in [-0.1, -0.05) is 20.8 Å². The summed E-state index contributed by atoms with van der Waals surface area (Å²) in [6.07, 6.45) is 7.36. The maximum atomic E-state index is 5.56. The molecule has 2 aliphatic rings. The lowest BCUT2D eigenvalue weighted by Gasteiger charge is -2.38. The largest absolute Gasteiger partial charge is 0.381 e. The number of nitrogens with zero attached hydrogens (tertiary/aromatic N) is 1. The third kappa shape index (κ3) is 5.86. The van der Waals surface area contributed by atoms with Gasteiger partial charge in [0, 0.05) is 37.6 Å². The maximum absolute atomic E-state index is 5.56. The molecule has 1 saturated heterocycles. The predicted octanol–water partition coefficient (Wildman–Crippen LogP) is 3.42. The van der Waals surface area contributed by atoms with Gasteiger partial charge >= 0.3 is 0 Å². The molecule has 2 rings (SSSR count). The monoisotopic (exact) mass is 341 g/mol. The number of hydrogen-bond acceptors (Lipinski definition) is 3. The van der Waals surface area contributed by atoms with Crippen molar-refractivity contribution in [2.75, 3.05) is 32.6 Å². The van der Waals surface area contributed by atoms with Crippen molar-refractivity contribution in [1.29, 1.82) is 0 Å². The van der Waals surface area contributed by atoms with Crippen molar-refractivity contribution >= 4 is 17.7 Å². The Morgan fingerprint density at radius 1 is 1.17 bits per heavy atom. The molecule has 0 aromatic rings. The van der Waals surface area contributed by atoms with E-state index in [2.05, 4.69) is 48.2 Å². The molecule has 0 bridgehead atoms. The summed E-state index contributed by atoms with van der Waals surface area (Å²) in [6.45, 7) is 9.77. The summed E-state index contributed by atoms with van der Waals surface area (Å²) in [4.78, 5) is 4.45. The second-order valence-electron chi connectivity index (χ2n) is 7.74. The van der Waals surface area contributed by atoms with Crippen LogP contribution in [0, 0.1) is 5.41 Å². The minimum atomic E-state index is 0.305. The molecular weight excluding hydrogens is 306 g/mol. The molecule has 4 nitrogen and oxygen atoms in total. The second-order valence-corrected chi connectivity index (χ2v) is 9.47. The van der Waals surface area contributed by atoms with E-state index in [4.69, 9.17) is 4.74 Å². The van der Waals surface area contributed by atoms with Crippen LogP contribution in [0.15, 0.2) is 4.99 Å². The van der Waals surface area contributed by atoms with Gasteiger partial charge < -0.3 is 15.4 Å². The summed E-state index contributed by atoms with van der Waals surface area (Å²) in [5.41, 5.74) is 0.513. The van der Waals surface area contributed by atoms with E-state index in [1.54, 1.807) is 0 Å². The smallest absolute Gasteiger partial charge is 0.191 e. The summed E-state index contributed by atoms with van der Waals surface area (Å²) in [7, 11) is 1.88. The van der Waals surface area contributed by atoms with Gasteiger partial charge in [0.05, 0.1) is 0 Å². The molecule has 0 unspecified atom stereocenters. The Labute approximate surface area is 146 Å². The summed E-state index contributed by atoms with van der Waals surface area (Å²) >= 11 is 2.07. The first-order valence-electron chi connectivity index (χ1n) is 9.17. The first-order chi connectivity index (χ1) is 11.0. The Morgan fingerprint density at radius 2 is 1.83 bits per heavy atom. The van der Waals surface area contributed by atoms with Gasteiger partial charge in [-0.2, -0.15) is 11.8 Å². The predicted molar refractivity (Wildman–Crippen MR) is 101 cm³/mol. The van der Waals surface area contributed by atoms with Crippen molar-refractivity contribution < 1.29 is 4.74 Å². The van der Waals surface area contributed by atoms with Crippen LogP contribution in [0.4, 0.5) is 0 Å². The normalized spacial score (nSPS) is 25.1. The zero-order valence-electron chi connectivity index (χ0n) is 15.4. The van der Waals surface area contributed by atoms with E-state index in [0.717, 1.165) is 44.3 Å². The lowest BCUT2D eigenvalue weighted by atomic mass is 9.75. The van der Waals surface area contributed by atoms with Crippen molar-refractivity contribution in [3.63, 3.8) is 0 Å². The van der Waals surface area contributed by atoms with Gasteiger partial charge in [0.2, 0.25) is 0 Å². The van der Waals surface area contributed by atoms with Gasteiger partial charge in [-0.3, -0.25) is 4.99 Å². The third-order valence-corrected chi connectivity index (χ3v) is 6.79. The van der Waals surface area contributed by atoms with E-state index in [1.165, 1.54) is 25.7 Å². The van der Waals surface area contributed by atoms with Crippen LogP contribution in [0.2, 0.25) is 0 Å². The number of thioether (sulfide) groups is 1. The zero-order chi connectivity index (χ0) is 16.8. The highest BCUT2D eigenvalue weighted by Crippen LogP contribution is 2.36. The molecule has 134 valence electrons. The van der Waals surface area contributed by atoms with Crippen LogP contribution in [-0.2, 0) is 4.74 Å². The molecule has 2 N–H and O–H groups in total. The number of rotatable bonds is 5. The van der Waals surface area contributed by atoms with Crippen molar-refractivity contribution in [2.45, 2.75) is 70.1 Å². The van der Waals surface area contributed by atoms with Crippen LogP contribution >= 0.6 is 11.8 Å². The van der Waals surface area contributed by atoms with E-state index in [9.17, 15) is 0 Å². The molecule has 5 heteroatoms.